The molecule has 0 saturated carbocycles. The number of carbonyl (C=O) groups excluding carboxylic acids is 1. The number of ketones is 1. The molecule has 0 aliphatic carbocycles. The number of aryl methyl sites for hydroxylation is 1. The molecule has 0 bridgehead atoms. The van der Waals surface area contributed by atoms with Gasteiger partial charge >= 0.3 is 0 Å². The Hall–Kier alpha value is -1.75. The van der Waals surface area contributed by atoms with Crippen LogP contribution in [0.2, 0.25) is 5.02 Å². The van der Waals surface area contributed by atoms with E-state index in [2.05, 4.69) is 15.1 Å². The smallest absolute Gasteiger partial charge is 0.215 e. The highest BCUT2D eigenvalue weighted by atomic mass is 35.5. The summed E-state index contributed by atoms with van der Waals surface area (Å²) in [7, 11) is 1.66. The van der Waals surface area contributed by atoms with Gasteiger partial charge < -0.3 is 0 Å². The first-order valence-electron chi connectivity index (χ1n) is 4.17. The molecule has 0 atom stereocenters. The van der Waals surface area contributed by atoms with E-state index in [4.69, 9.17) is 11.6 Å². The molecular formula is C9H7ClN4O. The Kier molecular flexibility index (Phi) is 2.47. The lowest BCUT2D eigenvalue weighted by Crippen LogP contribution is -2.09. The monoisotopic (exact) mass is 222 g/mol. The molecule has 2 heterocycles. The predicted molar refractivity (Wildman–Crippen MR) is 53.7 cm³/mol. The van der Waals surface area contributed by atoms with Crippen molar-refractivity contribution < 1.29 is 4.79 Å². The largest absolute Gasteiger partial charge is 0.287 e. The average molecular weight is 223 g/mol. The molecule has 0 saturated heterocycles. The van der Waals surface area contributed by atoms with Gasteiger partial charge in [0.1, 0.15) is 12.0 Å². The molecule has 0 N–H and O–H groups in total. The molecule has 5 nitrogen and oxygen atoms in total. The number of rotatable bonds is 2. The van der Waals surface area contributed by atoms with Crippen LogP contribution in [0.3, 0.4) is 0 Å². The van der Waals surface area contributed by atoms with E-state index in [-0.39, 0.29) is 5.78 Å². The van der Waals surface area contributed by atoms with Crippen molar-refractivity contribution in [3.8, 4) is 0 Å². The zero-order valence-corrected chi connectivity index (χ0v) is 8.64. The van der Waals surface area contributed by atoms with Crippen molar-refractivity contribution in [1.29, 1.82) is 0 Å². The Morgan fingerprint density at radius 3 is 2.53 bits per heavy atom. The van der Waals surface area contributed by atoms with Gasteiger partial charge in [-0.1, -0.05) is 11.6 Å². The number of nitrogens with zero attached hydrogens (tertiary/aromatic N) is 4. The number of aromatic nitrogens is 4. The van der Waals surface area contributed by atoms with Crippen LogP contribution < -0.4 is 0 Å². The fourth-order valence-corrected chi connectivity index (χ4v) is 1.47. The number of hydrogen-bond donors (Lipinski definition) is 0. The van der Waals surface area contributed by atoms with Crippen LogP contribution >= 0.6 is 11.6 Å². The van der Waals surface area contributed by atoms with Crippen LogP contribution in [0.25, 0.3) is 0 Å². The van der Waals surface area contributed by atoms with Crippen molar-refractivity contribution >= 4 is 17.4 Å². The third-order valence-corrected chi connectivity index (χ3v) is 2.21. The van der Waals surface area contributed by atoms with Gasteiger partial charge in [0.2, 0.25) is 5.78 Å². The summed E-state index contributed by atoms with van der Waals surface area (Å²) < 4.78 is 1.43. The molecule has 2 aromatic rings. The van der Waals surface area contributed by atoms with Gasteiger partial charge in [0.15, 0.2) is 0 Å². The van der Waals surface area contributed by atoms with Crippen LogP contribution in [0.15, 0.2) is 24.9 Å². The lowest BCUT2D eigenvalue weighted by molar-refractivity contribution is 0.102. The molecule has 0 amide bonds. The van der Waals surface area contributed by atoms with Gasteiger partial charge in [0.05, 0.1) is 16.8 Å². The van der Waals surface area contributed by atoms with Crippen LogP contribution in [-0.4, -0.2) is 25.5 Å². The fourth-order valence-electron chi connectivity index (χ4n) is 1.22. The molecule has 0 unspecified atom stereocenters. The standard InChI is InChI=1S/C9H7ClN4O/c1-14-8(7(10)4-13-14)9(15)6-2-11-5-12-3-6/h2-5H,1H3. The van der Waals surface area contributed by atoms with Gasteiger partial charge in [-0.3, -0.25) is 9.48 Å². The molecule has 76 valence electrons. The normalized spacial score (nSPS) is 10.3. The van der Waals surface area contributed by atoms with Crippen molar-refractivity contribution in [2.75, 3.05) is 0 Å². The third kappa shape index (κ3) is 1.73. The molecule has 0 fully saturated rings. The van der Waals surface area contributed by atoms with Gasteiger partial charge in [-0.2, -0.15) is 5.10 Å². The minimum atomic E-state index is -0.236. The number of halogens is 1. The van der Waals surface area contributed by atoms with E-state index in [9.17, 15) is 4.79 Å². The Labute approximate surface area is 90.7 Å². The molecule has 15 heavy (non-hydrogen) atoms. The highest BCUT2D eigenvalue weighted by Gasteiger charge is 2.17. The Bertz CT molecular complexity index is 475. The van der Waals surface area contributed by atoms with Crippen molar-refractivity contribution in [3.63, 3.8) is 0 Å². The minimum absolute atomic E-state index is 0.236. The van der Waals surface area contributed by atoms with Crippen molar-refractivity contribution in [3.05, 3.63) is 41.2 Å². The molecule has 6 heteroatoms. The topological polar surface area (TPSA) is 60.7 Å². The fraction of sp³-hybridized carbons (Fsp3) is 0.111. The van der Waals surface area contributed by atoms with E-state index in [0.29, 0.717) is 16.3 Å². The Morgan fingerprint density at radius 2 is 2.00 bits per heavy atom. The minimum Gasteiger partial charge on any atom is -0.287 e. The van der Waals surface area contributed by atoms with Crippen LogP contribution in [0.4, 0.5) is 0 Å². The Morgan fingerprint density at radius 1 is 1.33 bits per heavy atom. The molecule has 0 aromatic carbocycles. The summed E-state index contributed by atoms with van der Waals surface area (Å²) in [5.74, 6) is -0.236. The Balaban J connectivity index is 2.46. The van der Waals surface area contributed by atoms with E-state index in [1.807, 2.05) is 0 Å². The first-order valence-corrected chi connectivity index (χ1v) is 4.55. The summed E-state index contributed by atoms with van der Waals surface area (Å²) in [4.78, 5) is 19.5. The second-order valence-electron chi connectivity index (χ2n) is 2.92. The lowest BCUT2D eigenvalue weighted by atomic mass is 10.1. The first kappa shape index (κ1) is 9.79. The highest BCUT2D eigenvalue weighted by molar-refractivity contribution is 6.34. The average Bonchev–Trinajstić information content (AvgIpc) is 2.59. The van der Waals surface area contributed by atoms with E-state index >= 15 is 0 Å². The van der Waals surface area contributed by atoms with Gasteiger partial charge in [0.25, 0.3) is 0 Å². The number of hydrogen-bond acceptors (Lipinski definition) is 4. The maximum atomic E-state index is 11.9. The maximum Gasteiger partial charge on any atom is 0.215 e. The predicted octanol–water partition coefficient (Wildman–Crippen LogP) is 1.09. The van der Waals surface area contributed by atoms with Crippen LogP contribution in [0.1, 0.15) is 16.1 Å². The molecule has 0 radical (unpaired) electrons. The molecule has 0 aliphatic heterocycles. The van der Waals surface area contributed by atoms with Gasteiger partial charge in [-0.15, -0.1) is 0 Å². The summed E-state index contributed by atoms with van der Waals surface area (Å²) in [6, 6.07) is 0. The second-order valence-corrected chi connectivity index (χ2v) is 3.33. The van der Waals surface area contributed by atoms with Crippen molar-refractivity contribution in [2.45, 2.75) is 0 Å². The molecular weight excluding hydrogens is 216 g/mol. The zero-order chi connectivity index (χ0) is 10.8. The van der Waals surface area contributed by atoms with Crippen molar-refractivity contribution in [1.82, 2.24) is 19.7 Å². The van der Waals surface area contributed by atoms with Gasteiger partial charge in [-0.25, -0.2) is 9.97 Å². The van der Waals surface area contributed by atoms with Crippen LogP contribution in [0, 0.1) is 0 Å². The lowest BCUT2D eigenvalue weighted by Gasteiger charge is -2.00. The molecule has 0 aliphatic rings. The van der Waals surface area contributed by atoms with E-state index in [1.54, 1.807) is 7.05 Å². The summed E-state index contributed by atoms with van der Waals surface area (Å²) >= 11 is 5.84. The highest BCUT2D eigenvalue weighted by Crippen LogP contribution is 2.17. The zero-order valence-electron chi connectivity index (χ0n) is 7.88. The molecule has 2 aromatic heterocycles. The van der Waals surface area contributed by atoms with E-state index in [0.717, 1.165) is 0 Å². The van der Waals surface area contributed by atoms with Crippen molar-refractivity contribution in [2.24, 2.45) is 7.05 Å². The summed E-state index contributed by atoms with van der Waals surface area (Å²) in [5.41, 5.74) is 0.731. The van der Waals surface area contributed by atoms with Gasteiger partial charge in [0, 0.05) is 19.4 Å². The summed E-state index contributed by atoms with van der Waals surface area (Å²) in [5, 5.41) is 4.21. The van der Waals surface area contributed by atoms with E-state index in [1.165, 1.54) is 29.6 Å². The van der Waals surface area contributed by atoms with Crippen LogP contribution in [0.5, 0.6) is 0 Å². The quantitative estimate of drug-likeness (QED) is 0.714. The summed E-state index contributed by atoms with van der Waals surface area (Å²) in [6.45, 7) is 0. The second kappa shape index (κ2) is 3.78. The molecule has 0 spiro atoms. The SMILES string of the molecule is Cn1ncc(Cl)c1C(=O)c1cncnc1. The maximum absolute atomic E-state index is 11.9. The first-order chi connectivity index (χ1) is 7.20. The molecule has 2 rings (SSSR count). The van der Waals surface area contributed by atoms with Crippen LogP contribution in [-0.2, 0) is 7.05 Å². The third-order valence-electron chi connectivity index (χ3n) is 1.93. The summed E-state index contributed by atoms with van der Waals surface area (Å²) in [6.07, 6.45) is 5.68. The van der Waals surface area contributed by atoms with Gasteiger partial charge in [-0.05, 0) is 0 Å². The van der Waals surface area contributed by atoms with E-state index < -0.39 is 0 Å². The number of carbonyl (C=O) groups is 1.